The third kappa shape index (κ3) is 4.53. The van der Waals surface area contributed by atoms with Gasteiger partial charge in [0.15, 0.2) is 0 Å². The molecular weight excluding hydrogens is 262 g/mol. The maximum Gasteiger partial charge on any atom is 0.125 e. The molecule has 0 saturated carbocycles. The Morgan fingerprint density at radius 1 is 1.29 bits per heavy atom. The summed E-state index contributed by atoms with van der Waals surface area (Å²) in [6, 6.07) is 10.4. The van der Waals surface area contributed by atoms with Gasteiger partial charge in [0.05, 0.1) is 18.8 Å². The van der Waals surface area contributed by atoms with Crippen LogP contribution in [-0.2, 0) is 6.42 Å². The van der Waals surface area contributed by atoms with Crippen LogP contribution in [0.4, 0.5) is 0 Å². The molecule has 0 aliphatic rings. The Hall–Kier alpha value is -1.94. The van der Waals surface area contributed by atoms with Crippen molar-refractivity contribution in [3.8, 4) is 5.75 Å². The standard InChI is InChI=1S/C17H23N3O/c1-4-9-19-17(16-8-10-18-13(2)20-16)12-14-6-5-7-15(11-14)21-3/h5-8,10-11,17,19H,4,9,12H2,1-3H3. The summed E-state index contributed by atoms with van der Waals surface area (Å²) in [7, 11) is 1.69. The van der Waals surface area contributed by atoms with E-state index in [2.05, 4.69) is 34.3 Å². The first kappa shape index (κ1) is 15.4. The van der Waals surface area contributed by atoms with Gasteiger partial charge in [-0.1, -0.05) is 19.1 Å². The van der Waals surface area contributed by atoms with Crippen LogP contribution in [0, 0.1) is 6.92 Å². The van der Waals surface area contributed by atoms with Crippen molar-refractivity contribution in [2.75, 3.05) is 13.7 Å². The summed E-state index contributed by atoms with van der Waals surface area (Å²) in [6.07, 6.45) is 3.80. The quantitative estimate of drug-likeness (QED) is 0.849. The summed E-state index contributed by atoms with van der Waals surface area (Å²) in [6.45, 7) is 5.06. The molecular formula is C17H23N3O. The highest BCUT2D eigenvalue weighted by Crippen LogP contribution is 2.20. The van der Waals surface area contributed by atoms with Crippen molar-refractivity contribution in [1.29, 1.82) is 0 Å². The summed E-state index contributed by atoms with van der Waals surface area (Å²) in [4.78, 5) is 8.74. The van der Waals surface area contributed by atoms with Crippen LogP contribution in [-0.4, -0.2) is 23.6 Å². The van der Waals surface area contributed by atoms with Gasteiger partial charge in [0.1, 0.15) is 11.6 Å². The zero-order valence-corrected chi connectivity index (χ0v) is 13.0. The number of hydrogen-bond acceptors (Lipinski definition) is 4. The summed E-state index contributed by atoms with van der Waals surface area (Å²) < 4.78 is 5.30. The smallest absolute Gasteiger partial charge is 0.125 e. The molecule has 1 N–H and O–H groups in total. The summed E-state index contributed by atoms with van der Waals surface area (Å²) in [5.74, 6) is 1.70. The first-order chi connectivity index (χ1) is 10.2. The number of aryl methyl sites for hydroxylation is 1. The number of hydrogen-bond donors (Lipinski definition) is 1. The van der Waals surface area contributed by atoms with Gasteiger partial charge in [0.2, 0.25) is 0 Å². The van der Waals surface area contributed by atoms with E-state index >= 15 is 0 Å². The van der Waals surface area contributed by atoms with E-state index < -0.39 is 0 Å². The lowest BCUT2D eigenvalue weighted by Gasteiger charge is -2.18. The molecule has 2 aromatic rings. The van der Waals surface area contributed by atoms with Crippen molar-refractivity contribution in [1.82, 2.24) is 15.3 Å². The Bertz CT molecular complexity index is 571. The fourth-order valence-corrected chi connectivity index (χ4v) is 2.30. The number of ether oxygens (including phenoxy) is 1. The minimum Gasteiger partial charge on any atom is -0.497 e. The van der Waals surface area contributed by atoms with Gasteiger partial charge in [0.25, 0.3) is 0 Å². The molecule has 4 nitrogen and oxygen atoms in total. The van der Waals surface area contributed by atoms with Gasteiger partial charge in [-0.25, -0.2) is 9.97 Å². The number of aromatic nitrogens is 2. The molecule has 0 amide bonds. The predicted octanol–water partition coefficient (Wildman–Crippen LogP) is 3.08. The highest BCUT2D eigenvalue weighted by atomic mass is 16.5. The lowest BCUT2D eigenvalue weighted by Crippen LogP contribution is -2.25. The van der Waals surface area contributed by atoms with Gasteiger partial charge < -0.3 is 10.1 Å². The Labute approximate surface area is 126 Å². The third-order valence-electron chi connectivity index (χ3n) is 3.37. The molecule has 2 rings (SSSR count). The van der Waals surface area contributed by atoms with E-state index in [-0.39, 0.29) is 6.04 Å². The highest BCUT2D eigenvalue weighted by Gasteiger charge is 2.13. The first-order valence-electron chi connectivity index (χ1n) is 7.38. The van der Waals surface area contributed by atoms with Gasteiger partial charge in [0, 0.05) is 6.20 Å². The molecule has 0 aliphatic heterocycles. The first-order valence-corrected chi connectivity index (χ1v) is 7.38. The average molecular weight is 285 g/mol. The molecule has 1 aromatic carbocycles. The second-order valence-corrected chi connectivity index (χ2v) is 5.09. The molecule has 0 spiro atoms. The molecule has 0 bridgehead atoms. The minimum atomic E-state index is 0.193. The van der Waals surface area contributed by atoms with Crippen LogP contribution in [0.2, 0.25) is 0 Å². The number of methoxy groups -OCH3 is 1. The van der Waals surface area contributed by atoms with Crippen LogP contribution in [0.15, 0.2) is 36.5 Å². The molecule has 1 aromatic heterocycles. The van der Waals surface area contributed by atoms with Gasteiger partial charge in [-0.2, -0.15) is 0 Å². The van der Waals surface area contributed by atoms with Gasteiger partial charge in [-0.05, 0) is 50.1 Å². The largest absolute Gasteiger partial charge is 0.497 e. The molecule has 0 radical (unpaired) electrons. The van der Waals surface area contributed by atoms with Crippen LogP contribution in [0.25, 0.3) is 0 Å². The molecule has 1 heterocycles. The van der Waals surface area contributed by atoms with Gasteiger partial charge >= 0.3 is 0 Å². The lowest BCUT2D eigenvalue weighted by molar-refractivity contribution is 0.413. The van der Waals surface area contributed by atoms with Crippen LogP contribution >= 0.6 is 0 Å². The van der Waals surface area contributed by atoms with Crippen molar-refractivity contribution < 1.29 is 4.74 Å². The lowest BCUT2D eigenvalue weighted by atomic mass is 10.0. The maximum atomic E-state index is 5.30. The van der Waals surface area contributed by atoms with Crippen LogP contribution < -0.4 is 10.1 Å². The highest BCUT2D eigenvalue weighted by molar-refractivity contribution is 5.29. The molecule has 21 heavy (non-hydrogen) atoms. The van der Waals surface area contributed by atoms with Crippen LogP contribution in [0.1, 0.15) is 36.5 Å². The molecule has 4 heteroatoms. The summed E-state index contributed by atoms with van der Waals surface area (Å²) >= 11 is 0. The summed E-state index contributed by atoms with van der Waals surface area (Å²) in [5, 5.41) is 3.57. The van der Waals surface area contributed by atoms with E-state index in [9.17, 15) is 0 Å². The van der Waals surface area contributed by atoms with Crippen molar-refractivity contribution in [3.63, 3.8) is 0 Å². The molecule has 1 atom stereocenters. The van der Waals surface area contributed by atoms with Crippen LogP contribution in [0.5, 0.6) is 5.75 Å². The van der Waals surface area contributed by atoms with Crippen molar-refractivity contribution in [2.24, 2.45) is 0 Å². The Morgan fingerprint density at radius 3 is 2.86 bits per heavy atom. The van der Waals surface area contributed by atoms with Crippen molar-refractivity contribution >= 4 is 0 Å². The second kappa shape index (κ2) is 7.74. The second-order valence-electron chi connectivity index (χ2n) is 5.09. The normalized spacial score (nSPS) is 12.1. The SMILES string of the molecule is CCCNC(Cc1cccc(OC)c1)c1ccnc(C)n1. The van der Waals surface area contributed by atoms with Crippen LogP contribution in [0.3, 0.4) is 0 Å². The number of benzene rings is 1. The van der Waals surface area contributed by atoms with E-state index in [0.29, 0.717) is 0 Å². The fraction of sp³-hybridized carbons (Fsp3) is 0.412. The maximum absolute atomic E-state index is 5.30. The zero-order chi connectivity index (χ0) is 15.1. The fourth-order valence-electron chi connectivity index (χ4n) is 2.30. The number of rotatable bonds is 7. The predicted molar refractivity (Wildman–Crippen MR) is 84.5 cm³/mol. The minimum absolute atomic E-state index is 0.193. The Kier molecular flexibility index (Phi) is 5.69. The number of nitrogens with zero attached hydrogens (tertiary/aromatic N) is 2. The Morgan fingerprint density at radius 2 is 2.14 bits per heavy atom. The van der Waals surface area contributed by atoms with Gasteiger partial charge in [-0.15, -0.1) is 0 Å². The topological polar surface area (TPSA) is 47.0 Å². The third-order valence-corrected chi connectivity index (χ3v) is 3.37. The van der Waals surface area contributed by atoms with E-state index in [4.69, 9.17) is 4.74 Å². The monoisotopic (exact) mass is 285 g/mol. The van der Waals surface area contributed by atoms with E-state index in [0.717, 1.165) is 36.7 Å². The zero-order valence-electron chi connectivity index (χ0n) is 13.0. The van der Waals surface area contributed by atoms with Crippen molar-refractivity contribution in [2.45, 2.75) is 32.7 Å². The Balaban J connectivity index is 2.19. The molecule has 1 unspecified atom stereocenters. The van der Waals surface area contributed by atoms with E-state index in [1.165, 1.54) is 5.56 Å². The van der Waals surface area contributed by atoms with Crippen molar-refractivity contribution in [3.05, 3.63) is 53.6 Å². The molecule has 0 aliphatic carbocycles. The number of nitrogens with one attached hydrogen (secondary N) is 1. The van der Waals surface area contributed by atoms with Gasteiger partial charge in [-0.3, -0.25) is 0 Å². The molecule has 112 valence electrons. The van der Waals surface area contributed by atoms with E-state index in [1.807, 2.05) is 31.3 Å². The van der Waals surface area contributed by atoms with E-state index in [1.54, 1.807) is 7.11 Å². The summed E-state index contributed by atoms with van der Waals surface area (Å²) in [5.41, 5.74) is 2.28. The average Bonchev–Trinajstić information content (AvgIpc) is 2.51. The molecule has 0 saturated heterocycles. The molecule has 0 fully saturated rings.